The number of benzene rings is 2. The standard InChI is InChI=1S/C18H11BrN4O4/c19-11-5-3-4-10(8-11)15-21-22-18(27-15)20-14(24)9-23-16(25)12-6-1-2-7-13(12)17(23)26/h1-8H,9H2,(H,20,22,24). The van der Waals surface area contributed by atoms with Crippen molar-refractivity contribution in [1.29, 1.82) is 0 Å². The van der Waals surface area contributed by atoms with Crippen LogP contribution in [0.1, 0.15) is 20.7 Å². The summed E-state index contributed by atoms with van der Waals surface area (Å²) in [5.74, 6) is -1.40. The number of amides is 3. The summed E-state index contributed by atoms with van der Waals surface area (Å²) in [5.41, 5.74) is 1.24. The molecule has 1 N–H and O–H groups in total. The van der Waals surface area contributed by atoms with Gasteiger partial charge in [-0.2, -0.15) is 0 Å². The lowest BCUT2D eigenvalue weighted by Crippen LogP contribution is -2.37. The van der Waals surface area contributed by atoms with Gasteiger partial charge in [0.15, 0.2) is 0 Å². The van der Waals surface area contributed by atoms with E-state index < -0.39 is 24.3 Å². The predicted octanol–water partition coefficient (Wildman–Crippen LogP) is 2.73. The van der Waals surface area contributed by atoms with Crippen molar-refractivity contribution >= 4 is 39.7 Å². The molecule has 0 unspecified atom stereocenters. The molecule has 0 atom stereocenters. The average Bonchev–Trinajstić information content (AvgIpc) is 3.21. The molecular weight excluding hydrogens is 416 g/mol. The van der Waals surface area contributed by atoms with E-state index in [1.165, 1.54) is 0 Å². The highest BCUT2D eigenvalue weighted by Crippen LogP contribution is 2.24. The molecule has 0 aliphatic carbocycles. The summed E-state index contributed by atoms with van der Waals surface area (Å²) in [6.45, 7) is -0.444. The fourth-order valence-corrected chi connectivity index (χ4v) is 3.10. The van der Waals surface area contributed by atoms with E-state index in [-0.39, 0.29) is 23.0 Å². The third-order valence-corrected chi connectivity index (χ3v) is 4.42. The molecular formula is C18H11BrN4O4. The van der Waals surface area contributed by atoms with Crippen molar-refractivity contribution in [3.05, 3.63) is 64.1 Å². The minimum absolute atomic E-state index is 0.119. The molecule has 0 saturated heterocycles. The first kappa shape index (κ1) is 17.1. The number of fused-ring (bicyclic) bond motifs is 1. The second-order valence-electron chi connectivity index (χ2n) is 5.71. The van der Waals surface area contributed by atoms with Crippen LogP contribution >= 0.6 is 15.9 Å². The first-order valence-corrected chi connectivity index (χ1v) is 8.67. The fraction of sp³-hybridized carbons (Fsp3) is 0.0556. The maximum absolute atomic E-state index is 12.3. The quantitative estimate of drug-likeness (QED) is 0.642. The Morgan fingerprint density at radius 2 is 1.74 bits per heavy atom. The summed E-state index contributed by atoms with van der Waals surface area (Å²) in [6, 6.07) is 13.5. The van der Waals surface area contributed by atoms with Crippen LogP contribution in [-0.2, 0) is 4.79 Å². The van der Waals surface area contributed by atoms with Crippen LogP contribution in [0.2, 0.25) is 0 Å². The summed E-state index contributed by atoms with van der Waals surface area (Å²) in [5, 5.41) is 10.0. The van der Waals surface area contributed by atoms with Crippen molar-refractivity contribution < 1.29 is 18.8 Å². The number of hydrogen-bond donors (Lipinski definition) is 1. The zero-order valence-electron chi connectivity index (χ0n) is 13.7. The smallest absolute Gasteiger partial charge is 0.322 e. The molecule has 2 heterocycles. The van der Waals surface area contributed by atoms with E-state index in [2.05, 4.69) is 31.4 Å². The van der Waals surface area contributed by atoms with Crippen molar-refractivity contribution in [3.63, 3.8) is 0 Å². The van der Waals surface area contributed by atoms with Crippen molar-refractivity contribution in [1.82, 2.24) is 15.1 Å². The molecule has 0 spiro atoms. The molecule has 0 saturated carbocycles. The van der Waals surface area contributed by atoms with Crippen molar-refractivity contribution in [2.45, 2.75) is 0 Å². The van der Waals surface area contributed by atoms with Gasteiger partial charge in [0, 0.05) is 10.0 Å². The van der Waals surface area contributed by atoms with Crippen LogP contribution in [0.5, 0.6) is 0 Å². The maximum Gasteiger partial charge on any atom is 0.322 e. The predicted molar refractivity (Wildman–Crippen MR) is 97.9 cm³/mol. The van der Waals surface area contributed by atoms with Gasteiger partial charge in [-0.15, -0.1) is 5.10 Å². The molecule has 1 aromatic heterocycles. The molecule has 4 rings (SSSR count). The van der Waals surface area contributed by atoms with Crippen LogP contribution in [0.4, 0.5) is 6.01 Å². The molecule has 0 bridgehead atoms. The Bertz CT molecular complexity index is 1040. The van der Waals surface area contributed by atoms with Gasteiger partial charge in [-0.25, -0.2) is 0 Å². The minimum Gasteiger partial charge on any atom is -0.403 e. The van der Waals surface area contributed by atoms with Gasteiger partial charge < -0.3 is 4.42 Å². The molecule has 1 aliphatic heterocycles. The highest BCUT2D eigenvalue weighted by molar-refractivity contribution is 9.10. The largest absolute Gasteiger partial charge is 0.403 e. The summed E-state index contributed by atoms with van der Waals surface area (Å²) in [7, 11) is 0. The Hall–Kier alpha value is -3.33. The Kier molecular flexibility index (Phi) is 4.28. The third kappa shape index (κ3) is 3.24. The molecule has 0 fully saturated rings. The highest BCUT2D eigenvalue weighted by Gasteiger charge is 2.36. The second-order valence-corrected chi connectivity index (χ2v) is 6.63. The van der Waals surface area contributed by atoms with Crippen LogP contribution in [0.3, 0.4) is 0 Å². The van der Waals surface area contributed by atoms with E-state index in [0.717, 1.165) is 9.37 Å². The van der Waals surface area contributed by atoms with Crippen LogP contribution in [0.25, 0.3) is 11.5 Å². The fourth-order valence-electron chi connectivity index (χ4n) is 2.70. The zero-order chi connectivity index (χ0) is 19.0. The molecule has 9 heteroatoms. The van der Waals surface area contributed by atoms with E-state index in [1.807, 2.05) is 12.1 Å². The summed E-state index contributed by atoms with van der Waals surface area (Å²) in [4.78, 5) is 37.7. The topological polar surface area (TPSA) is 105 Å². The Balaban J connectivity index is 1.45. The molecule has 8 nitrogen and oxygen atoms in total. The normalized spacial score (nSPS) is 13.0. The number of hydrogen-bond acceptors (Lipinski definition) is 6. The zero-order valence-corrected chi connectivity index (χ0v) is 15.3. The van der Waals surface area contributed by atoms with Gasteiger partial charge in [0.05, 0.1) is 11.1 Å². The van der Waals surface area contributed by atoms with E-state index in [4.69, 9.17) is 4.42 Å². The molecule has 3 aromatic rings. The van der Waals surface area contributed by atoms with Crippen molar-refractivity contribution in [2.75, 3.05) is 11.9 Å². The van der Waals surface area contributed by atoms with Gasteiger partial charge in [-0.1, -0.05) is 39.2 Å². The molecule has 1 aliphatic rings. The lowest BCUT2D eigenvalue weighted by Gasteiger charge is -2.12. The van der Waals surface area contributed by atoms with E-state index in [9.17, 15) is 14.4 Å². The minimum atomic E-state index is -0.617. The third-order valence-electron chi connectivity index (χ3n) is 3.92. The number of nitrogens with one attached hydrogen (secondary N) is 1. The van der Waals surface area contributed by atoms with Gasteiger partial charge in [0.2, 0.25) is 11.8 Å². The van der Waals surface area contributed by atoms with Crippen molar-refractivity contribution in [3.8, 4) is 11.5 Å². The molecule has 0 radical (unpaired) electrons. The number of anilines is 1. The molecule has 27 heavy (non-hydrogen) atoms. The number of carbonyl (C=O) groups excluding carboxylic acids is 3. The summed E-state index contributed by atoms with van der Waals surface area (Å²) >= 11 is 3.35. The Morgan fingerprint density at radius 1 is 1.04 bits per heavy atom. The van der Waals surface area contributed by atoms with Crippen LogP contribution in [0, 0.1) is 0 Å². The highest BCUT2D eigenvalue weighted by atomic mass is 79.9. The second kappa shape index (κ2) is 6.76. The first-order chi connectivity index (χ1) is 13.0. The van der Waals surface area contributed by atoms with E-state index >= 15 is 0 Å². The number of imide groups is 1. The van der Waals surface area contributed by atoms with E-state index in [0.29, 0.717) is 5.56 Å². The van der Waals surface area contributed by atoms with E-state index in [1.54, 1.807) is 36.4 Å². The SMILES string of the molecule is O=C(CN1C(=O)c2ccccc2C1=O)Nc1nnc(-c2cccc(Br)c2)o1. The molecule has 3 amide bonds. The Morgan fingerprint density at radius 3 is 2.41 bits per heavy atom. The summed E-state index contributed by atoms with van der Waals surface area (Å²) in [6.07, 6.45) is 0. The number of carbonyl (C=O) groups is 3. The number of aromatic nitrogens is 2. The monoisotopic (exact) mass is 426 g/mol. The summed E-state index contributed by atoms with van der Waals surface area (Å²) < 4.78 is 6.25. The number of nitrogens with zero attached hydrogens (tertiary/aromatic N) is 3. The van der Waals surface area contributed by atoms with Crippen LogP contribution < -0.4 is 5.32 Å². The Labute approximate surface area is 161 Å². The first-order valence-electron chi connectivity index (χ1n) is 7.87. The van der Waals surface area contributed by atoms with Gasteiger partial charge in [0.25, 0.3) is 11.8 Å². The van der Waals surface area contributed by atoms with Crippen LogP contribution in [-0.4, -0.2) is 39.4 Å². The molecule has 2 aromatic carbocycles. The number of halogens is 1. The van der Waals surface area contributed by atoms with Gasteiger partial charge in [0.1, 0.15) is 6.54 Å². The lowest BCUT2D eigenvalue weighted by atomic mass is 10.1. The van der Waals surface area contributed by atoms with Gasteiger partial charge in [-0.3, -0.25) is 24.6 Å². The molecule has 134 valence electrons. The van der Waals surface area contributed by atoms with Gasteiger partial charge >= 0.3 is 6.01 Å². The van der Waals surface area contributed by atoms with Crippen molar-refractivity contribution in [2.24, 2.45) is 0 Å². The van der Waals surface area contributed by atoms with Gasteiger partial charge in [-0.05, 0) is 30.3 Å². The average molecular weight is 427 g/mol. The van der Waals surface area contributed by atoms with Crippen LogP contribution in [0.15, 0.2) is 57.4 Å². The number of rotatable bonds is 4. The lowest BCUT2D eigenvalue weighted by molar-refractivity contribution is -0.116. The maximum atomic E-state index is 12.3.